The van der Waals surface area contributed by atoms with Crippen LogP contribution in [0.25, 0.3) is 0 Å². The van der Waals surface area contributed by atoms with Gasteiger partial charge in [-0.2, -0.15) is 0 Å². The van der Waals surface area contributed by atoms with Crippen LogP contribution in [0.2, 0.25) is 0 Å². The van der Waals surface area contributed by atoms with Crippen LogP contribution in [0.15, 0.2) is 24.3 Å². The number of hydrogen-bond donors (Lipinski definition) is 1. The molecule has 1 heterocycles. The van der Waals surface area contributed by atoms with E-state index in [0.717, 1.165) is 25.1 Å². The molecule has 1 fully saturated rings. The Balaban J connectivity index is 2.18. The van der Waals surface area contributed by atoms with Gasteiger partial charge in [0.1, 0.15) is 5.60 Å². The van der Waals surface area contributed by atoms with E-state index in [1.165, 1.54) is 5.56 Å². The monoisotopic (exact) mass is 219 g/mol. The molecule has 1 aromatic carbocycles. The molecule has 0 unspecified atom stereocenters. The molecular formula is C14H21NO. The predicted octanol–water partition coefficient (Wildman–Crippen LogP) is 2.30. The maximum Gasteiger partial charge on any atom is 0.103 e. The van der Waals surface area contributed by atoms with E-state index in [-0.39, 0.29) is 0 Å². The standard InChI is InChI=1S/C14H21NO/c1-11(2)15-9-8-14(16,10-15)13-6-4-12(3)5-7-13/h4-7,11,16H,8-10H2,1-3H3/t14-/m1/s1. The Hall–Kier alpha value is -0.860. The molecule has 0 aliphatic carbocycles. The minimum absolute atomic E-state index is 0.513. The topological polar surface area (TPSA) is 23.5 Å². The molecule has 2 nitrogen and oxygen atoms in total. The van der Waals surface area contributed by atoms with E-state index < -0.39 is 5.60 Å². The zero-order valence-electron chi connectivity index (χ0n) is 10.4. The molecule has 2 heteroatoms. The van der Waals surface area contributed by atoms with Crippen molar-refractivity contribution in [1.29, 1.82) is 0 Å². The molecule has 88 valence electrons. The Kier molecular flexibility index (Phi) is 3.04. The summed E-state index contributed by atoms with van der Waals surface area (Å²) < 4.78 is 0. The first kappa shape index (κ1) is 11.6. The van der Waals surface area contributed by atoms with E-state index in [1.807, 2.05) is 0 Å². The van der Waals surface area contributed by atoms with Gasteiger partial charge in [0.25, 0.3) is 0 Å². The highest BCUT2D eigenvalue weighted by Crippen LogP contribution is 2.32. The third-order valence-electron chi connectivity index (χ3n) is 3.60. The molecule has 2 rings (SSSR count). The molecule has 16 heavy (non-hydrogen) atoms. The molecule has 1 saturated heterocycles. The van der Waals surface area contributed by atoms with Crippen LogP contribution in [0.5, 0.6) is 0 Å². The summed E-state index contributed by atoms with van der Waals surface area (Å²) in [4.78, 5) is 2.33. The number of likely N-dealkylation sites (tertiary alicyclic amines) is 1. The molecule has 1 aliphatic rings. The van der Waals surface area contributed by atoms with Gasteiger partial charge in [-0.05, 0) is 32.8 Å². The Bertz CT molecular complexity index is 358. The van der Waals surface area contributed by atoms with Gasteiger partial charge in [-0.3, -0.25) is 4.90 Å². The summed E-state index contributed by atoms with van der Waals surface area (Å²) in [7, 11) is 0. The van der Waals surface area contributed by atoms with Gasteiger partial charge in [-0.25, -0.2) is 0 Å². The first-order valence-electron chi connectivity index (χ1n) is 6.05. The quantitative estimate of drug-likeness (QED) is 0.825. The zero-order chi connectivity index (χ0) is 11.8. The first-order chi connectivity index (χ1) is 7.51. The van der Waals surface area contributed by atoms with Gasteiger partial charge in [0, 0.05) is 19.1 Å². The van der Waals surface area contributed by atoms with Crippen molar-refractivity contribution in [2.75, 3.05) is 13.1 Å². The number of aryl methyl sites for hydroxylation is 1. The van der Waals surface area contributed by atoms with Gasteiger partial charge in [-0.15, -0.1) is 0 Å². The Morgan fingerprint density at radius 2 is 1.88 bits per heavy atom. The molecule has 1 atom stereocenters. The summed E-state index contributed by atoms with van der Waals surface area (Å²) >= 11 is 0. The lowest BCUT2D eigenvalue weighted by Crippen LogP contribution is -2.34. The van der Waals surface area contributed by atoms with E-state index in [9.17, 15) is 5.11 Å². The van der Waals surface area contributed by atoms with E-state index in [2.05, 4.69) is 49.9 Å². The van der Waals surface area contributed by atoms with Crippen LogP contribution < -0.4 is 0 Å². The van der Waals surface area contributed by atoms with Crippen LogP contribution in [-0.4, -0.2) is 29.1 Å². The third kappa shape index (κ3) is 2.13. The number of aliphatic hydroxyl groups is 1. The van der Waals surface area contributed by atoms with Crippen molar-refractivity contribution >= 4 is 0 Å². The van der Waals surface area contributed by atoms with E-state index in [4.69, 9.17) is 0 Å². The minimum atomic E-state index is -0.641. The third-order valence-corrected chi connectivity index (χ3v) is 3.60. The highest BCUT2D eigenvalue weighted by atomic mass is 16.3. The van der Waals surface area contributed by atoms with Gasteiger partial charge in [0.2, 0.25) is 0 Å². The summed E-state index contributed by atoms with van der Waals surface area (Å²) in [5.41, 5.74) is 1.66. The van der Waals surface area contributed by atoms with Crippen molar-refractivity contribution in [1.82, 2.24) is 4.90 Å². The van der Waals surface area contributed by atoms with Crippen LogP contribution in [0.1, 0.15) is 31.4 Å². The molecular weight excluding hydrogens is 198 g/mol. The lowest BCUT2D eigenvalue weighted by atomic mass is 9.92. The molecule has 0 spiro atoms. The van der Waals surface area contributed by atoms with Crippen molar-refractivity contribution in [3.8, 4) is 0 Å². The van der Waals surface area contributed by atoms with E-state index in [0.29, 0.717) is 6.04 Å². The predicted molar refractivity (Wildman–Crippen MR) is 66.4 cm³/mol. The first-order valence-corrected chi connectivity index (χ1v) is 6.05. The van der Waals surface area contributed by atoms with Gasteiger partial charge < -0.3 is 5.11 Å². The molecule has 0 saturated carbocycles. The summed E-state index contributed by atoms with van der Waals surface area (Å²) in [5, 5.41) is 10.6. The van der Waals surface area contributed by atoms with Crippen LogP contribution in [-0.2, 0) is 5.60 Å². The van der Waals surface area contributed by atoms with Gasteiger partial charge in [0.05, 0.1) is 0 Å². The molecule has 0 amide bonds. The average molecular weight is 219 g/mol. The molecule has 0 radical (unpaired) electrons. The molecule has 0 bridgehead atoms. The summed E-state index contributed by atoms with van der Waals surface area (Å²) in [6.07, 6.45) is 0.842. The van der Waals surface area contributed by atoms with Crippen molar-refractivity contribution < 1.29 is 5.11 Å². The summed E-state index contributed by atoms with van der Waals surface area (Å²) in [6, 6.07) is 8.77. The lowest BCUT2D eigenvalue weighted by molar-refractivity contribution is 0.0424. The zero-order valence-corrected chi connectivity index (χ0v) is 10.4. The number of rotatable bonds is 2. The molecule has 1 N–H and O–H groups in total. The summed E-state index contributed by atoms with van der Waals surface area (Å²) in [6.45, 7) is 8.18. The lowest BCUT2D eigenvalue weighted by Gasteiger charge is -2.26. The smallest absolute Gasteiger partial charge is 0.103 e. The molecule has 1 aliphatic heterocycles. The van der Waals surface area contributed by atoms with E-state index in [1.54, 1.807) is 0 Å². The Morgan fingerprint density at radius 3 is 2.38 bits per heavy atom. The Morgan fingerprint density at radius 1 is 1.25 bits per heavy atom. The maximum atomic E-state index is 10.6. The Labute approximate surface area is 97.9 Å². The van der Waals surface area contributed by atoms with Crippen LogP contribution in [0.3, 0.4) is 0 Å². The largest absolute Gasteiger partial charge is 0.384 e. The van der Waals surface area contributed by atoms with Gasteiger partial charge in [-0.1, -0.05) is 29.8 Å². The van der Waals surface area contributed by atoms with E-state index >= 15 is 0 Å². The van der Waals surface area contributed by atoms with Crippen molar-refractivity contribution in [2.45, 2.75) is 38.8 Å². The average Bonchev–Trinajstić information content (AvgIpc) is 2.63. The highest BCUT2D eigenvalue weighted by molar-refractivity contribution is 5.28. The van der Waals surface area contributed by atoms with Gasteiger partial charge >= 0.3 is 0 Å². The number of nitrogens with zero attached hydrogens (tertiary/aromatic N) is 1. The fourth-order valence-corrected chi connectivity index (χ4v) is 2.36. The van der Waals surface area contributed by atoms with Crippen LogP contribution >= 0.6 is 0 Å². The number of β-amino-alcohol motifs (C(OH)–C–C–N with tert-alkyl or cyclic N) is 1. The minimum Gasteiger partial charge on any atom is -0.384 e. The highest BCUT2D eigenvalue weighted by Gasteiger charge is 2.38. The van der Waals surface area contributed by atoms with Crippen molar-refractivity contribution in [2.24, 2.45) is 0 Å². The van der Waals surface area contributed by atoms with Gasteiger partial charge in [0.15, 0.2) is 0 Å². The second-order valence-corrected chi connectivity index (χ2v) is 5.21. The maximum absolute atomic E-state index is 10.6. The fourth-order valence-electron chi connectivity index (χ4n) is 2.36. The molecule has 1 aromatic rings. The second-order valence-electron chi connectivity index (χ2n) is 5.21. The SMILES string of the molecule is Cc1ccc([C@@]2(O)CCN(C(C)C)C2)cc1. The van der Waals surface area contributed by atoms with Crippen molar-refractivity contribution in [3.63, 3.8) is 0 Å². The fraction of sp³-hybridized carbons (Fsp3) is 0.571. The summed E-state index contributed by atoms with van der Waals surface area (Å²) in [5.74, 6) is 0. The van der Waals surface area contributed by atoms with Crippen molar-refractivity contribution in [3.05, 3.63) is 35.4 Å². The normalized spacial score (nSPS) is 26.6. The number of hydrogen-bond acceptors (Lipinski definition) is 2. The molecule has 0 aromatic heterocycles. The second kappa shape index (κ2) is 4.19. The number of benzene rings is 1. The van der Waals surface area contributed by atoms with Crippen LogP contribution in [0.4, 0.5) is 0 Å². The van der Waals surface area contributed by atoms with Crippen LogP contribution in [0, 0.1) is 6.92 Å².